The minimum Gasteiger partial charge on any atom is -0.508 e. The van der Waals surface area contributed by atoms with E-state index in [0.717, 1.165) is 0 Å². The Hall–Kier alpha value is -3.27. The first-order chi connectivity index (χ1) is 14.0. The predicted octanol–water partition coefficient (Wildman–Crippen LogP) is 3.36. The van der Waals surface area contributed by atoms with Crippen LogP contribution in [0.2, 0.25) is 0 Å². The van der Waals surface area contributed by atoms with Gasteiger partial charge in [0, 0.05) is 24.6 Å². The Balaban J connectivity index is 1.69. The van der Waals surface area contributed by atoms with Gasteiger partial charge in [-0.2, -0.15) is 5.26 Å². The molecule has 2 N–H and O–H groups in total. The average molecular weight is 409 g/mol. The van der Waals surface area contributed by atoms with Crippen molar-refractivity contribution in [3.8, 4) is 11.8 Å². The summed E-state index contributed by atoms with van der Waals surface area (Å²) in [7, 11) is 0. The number of rotatable bonds is 6. The fourth-order valence-corrected chi connectivity index (χ4v) is 3.22. The molecule has 30 heavy (non-hydrogen) atoms. The van der Waals surface area contributed by atoms with Crippen LogP contribution in [0.1, 0.15) is 60.8 Å². The summed E-state index contributed by atoms with van der Waals surface area (Å²) < 4.78 is 14.5. The van der Waals surface area contributed by atoms with Crippen LogP contribution < -0.4 is 5.32 Å². The number of benzene rings is 1. The molecule has 0 atom stereocenters. The molecule has 1 aromatic carbocycles. The van der Waals surface area contributed by atoms with Crippen LogP contribution in [0.4, 0.5) is 4.39 Å². The molecule has 0 spiro atoms. The Kier molecular flexibility index (Phi) is 5.62. The molecule has 3 rings (SSSR count). The molecule has 1 amide bonds. The molecular formula is C23H24FN3O3. The number of ketones is 1. The summed E-state index contributed by atoms with van der Waals surface area (Å²) in [5.74, 6) is -1.30. The number of aromatic nitrogens is 1. The highest BCUT2D eigenvalue weighted by molar-refractivity contribution is 5.94. The van der Waals surface area contributed by atoms with Crippen molar-refractivity contribution >= 4 is 11.7 Å². The number of carbonyl (C=O) groups is 2. The maximum Gasteiger partial charge on any atom is 0.271 e. The van der Waals surface area contributed by atoms with E-state index >= 15 is 0 Å². The van der Waals surface area contributed by atoms with Gasteiger partial charge in [-0.25, -0.2) is 4.39 Å². The molecule has 1 heterocycles. The zero-order chi connectivity index (χ0) is 22.1. The third kappa shape index (κ3) is 4.82. The number of hydrogen-bond donors (Lipinski definition) is 2. The zero-order valence-electron chi connectivity index (χ0n) is 17.3. The highest BCUT2D eigenvalue weighted by Gasteiger charge is 2.44. The normalized spacial score (nSPS) is 14.6. The number of pyridine rings is 1. The maximum atomic E-state index is 14.5. The Morgan fingerprint density at radius 1 is 1.27 bits per heavy atom. The lowest BCUT2D eigenvalue weighted by Gasteiger charge is -2.21. The Labute approximate surface area is 174 Å². The van der Waals surface area contributed by atoms with Gasteiger partial charge in [-0.3, -0.25) is 14.6 Å². The number of amides is 1. The van der Waals surface area contributed by atoms with Gasteiger partial charge in [0.1, 0.15) is 28.6 Å². The number of nitriles is 1. The van der Waals surface area contributed by atoms with E-state index in [1.165, 1.54) is 24.4 Å². The van der Waals surface area contributed by atoms with E-state index < -0.39 is 22.7 Å². The lowest BCUT2D eigenvalue weighted by atomic mass is 9.85. The Bertz CT molecular complexity index is 1050. The lowest BCUT2D eigenvalue weighted by Crippen LogP contribution is -2.36. The van der Waals surface area contributed by atoms with E-state index in [1.54, 1.807) is 6.07 Å². The Morgan fingerprint density at radius 3 is 2.57 bits per heavy atom. The summed E-state index contributed by atoms with van der Waals surface area (Å²) in [5.41, 5.74) is 0.0714. The fraction of sp³-hybridized carbons (Fsp3) is 0.391. The molecule has 6 nitrogen and oxygen atoms in total. The van der Waals surface area contributed by atoms with Gasteiger partial charge < -0.3 is 10.4 Å². The second-order valence-corrected chi connectivity index (χ2v) is 8.80. The number of phenols is 1. The van der Waals surface area contributed by atoms with Crippen molar-refractivity contribution in [2.24, 2.45) is 0 Å². The van der Waals surface area contributed by atoms with Gasteiger partial charge in [0.05, 0.1) is 6.07 Å². The topological polar surface area (TPSA) is 103 Å². The van der Waals surface area contributed by atoms with Gasteiger partial charge >= 0.3 is 0 Å². The molecular weight excluding hydrogens is 385 g/mol. The largest absolute Gasteiger partial charge is 0.508 e. The molecule has 1 aliphatic carbocycles. The molecule has 1 fully saturated rings. The van der Waals surface area contributed by atoms with Crippen molar-refractivity contribution in [2.75, 3.05) is 0 Å². The third-order valence-electron chi connectivity index (χ3n) is 5.14. The zero-order valence-corrected chi connectivity index (χ0v) is 17.3. The summed E-state index contributed by atoms with van der Waals surface area (Å²) in [6, 6.07) is 7.77. The second-order valence-electron chi connectivity index (χ2n) is 8.80. The van der Waals surface area contributed by atoms with Crippen LogP contribution in [0.15, 0.2) is 30.5 Å². The van der Waals surface area contributed by atoms with Crippen LogP contribution in [-0.2, 0) is 23.1 Å². The van der Waals surface area contributed by atoms with Gasteiger partial charge in [0.25, 0.3) is 5.91 Å². The lowest BCUT2D eigenvalue weighted by molar-refractivity contribution is -0.117. The molecule has 0 saturated heterocycles. The van der Waals surface area contributed by atoms with Crippen molar-refractivity contribution in [1.82, 2.24) is 10.3 Å². The summed E-state index contributed by atoms with van der Waals surface area (Å²) in [4.78, 5) is 28.8. The van der Waals surface area contributed by atoms with E-state index in [9.17, 15) is 19.1 Å². The van der Waals surface area contributed by atoms with E-state index in [-0.39, 0.29) is 35.6 Å². The molecule has 2 aromatic rings. The number of carbonyl (C=O) groups excluding carboxylic acids is 2. The summed E-state index contributed by atoms with van der Waals surface area (Å²) >= 11 is 0. The van der Waals surface area contributed by atoms with Crippen LogP contribution in [0, 0.1) is 17.1 Å². The van der Waals surface area contributed by atoms with Gasteiger partial charge in [-0.05, 0) is 53.6 Å². The number of phenolic OH excluding ortho intramolecular Hbond substituents is 1. The van der Waals surface area contributed by atoms with Crippen LogP contribution in [-0.4, -0.2) is 27.3 Å². The highest BCUT2D eigenvalue weighted by Crippen LogP contribution is 2.34. The van der Waals surface area contributed by atoms with E-state index in [2.05, 4.69) is 16.4 Å². The molecule has 1 aromatic heterocycles. The predicted molar refractivity (Wildman–Crippen MR) is 108 cm³/mol. The first-order valence-electron chi connectivity index (χ1n) is 9.75. The van der Waals surface area contributed by atoms with Crippen molar-refractivity contribution in [2.45, 2.75) is 57.4 Å². The minimum atomic E-state index is -0.802. The number of Topliss-reactive ketones (excluding diaryl/α,β-unsaturated/α-hetero) is 1. The van der Waals surface area contributed by atoms with E-state index in [4.69, 9.17) is 5.26 Å². The van der Waals surface area contributed by atoms with Crippen molar-refractivity contribution in [3.63, 3.8) is 0 Å². The third-order valence-corrected chi connectivity index (χ3v) is 5.14. The SMILES string of the molecule is CC(C)(C)c1cc(F)c(CC(=O)Cc2ccnc(C(=O)NC3(C#N)CC3)c2)cc1O. The summed E-state index contributed by atoms with van der Waals surface area (Å²) in [6.45, 7) is 5.60. The number of nitrogens with one attached hydrogen (secondary N) is 1. The minimum absolute atomic E-state index is 0.00653. The summed E-state index contributed by atoms with van der Waals surface area (Å²) in [6.07, 6.45) is 2.46. The molecule has 0 unspecified atom stereocenters. The highest BCUT2D eigenvalue weighted by atomic mass is 19.1. The van der Waals surface area contributed by atoms with Crippen LogP contribution in [0.5, 0.6) is 5.75 Å². The van der Waals surface area contributed by atoms with Crippen LogP contribution in [0.25, 0.3) is 0 Å². The van der Waals surface area contributed by atoms with Gasteiger partial charge in [0.15, 0.2) is 0 Å². The van der Waals surface area contributed by atoms with Crippen LogP contribution >= 0.6 is 0 Å². The van der Waals surface area contributed by atoms with E-state index in [1.807, 2.05) is 20.8 Å². The molecule has 1 saturated carbocycles. The molecule has 156 valence electrons. The second kappa shape index (κ2) is 7.86. The van der Waals surface area contributed by atoms with Gasteiger partial charge in [-0.15, -0.1) is 0 Å². The summed E-state index contributed by atoms with van der Waals surface area (Å²) in [5, 5.41) is 22.0. The average Bonchev–Trinajstić information content (AvgIpc) is 3.43. The number of halogens is 1. The molecule has 0 bridgehead atoms. The van der Waals surface area contributed by atoms with Gasteiger partial charge in [-0.1, -0.05) is 20.8 Å². The number of hydrogen-bond acceptors (Lipinski definition) is 5. The smallest absolute Gasteiger partial charge is 0.271 e. The molecule has 0 radical (unpaired) electrons. The maximum absolute atomic E-state index is 14.5. The molecule has 7 heteroatoms. The first kappa shape index (κ1) is 21.4. The monoisotopic (exact) mass is 409 g/mol. The van der Waals surface area contributed by atoms with Crippen LogP contribution in [0.3, 0.4) is 0 Å². The van der Waals surface area contributed by atoms with Gasteiger partial charge in [0.2, 0.25) is 0 Å². The van der Waals surface area contributed by atoms with Crippen molar-refractivity contribution in [1.29, 1.82) is 5.26 Å². The number of nitrogens with zero attached hydrogens (tertiary/aromatic N) is 2. The van der Waals surface area contributed by atoms with Crippen molar-refractivity contribution in [3.05, 3.63) is 58.7 Å². The van der Waals surface area contributed by atoms with E-state index in [0.29, 0.717) is 24.0 Å². The molecule has 1 aliphatic rings. The Morgan fingerprint density at radius 2 is 1.97 bits per heavy atom. The standard InChI is InChI=1S/C23H24FN3O3/c1-22(2,3)17-12-18(24)15(11-20(17)29)10-16(28)8-14-4-7-26-19(9-14)21(30)27-23(13-25)5-6-23/h4,7,9,11-12,29H,5-6,8,10H2,1-3H3,(H,27,30). The number of aromatic hydroxyl groups is 1. The van der Waals surface area contributed by atoms with Crippen molar-refractivity contribution < 1.29 is 19.1 Å². The fourth-order valence-electron chi connectivity index (χ4n) is 3.22. The quantitative estimate of drug-likeness (QED) is 0.761. The molecule has 0 aliphatic heterocycles. The first-order valence-corrected chi connectivity index (χ1v) is 9.75.